The third kappa shape index (κ3) is 4.44. The van der Waals surface area contributed by atoms with Crippen molar-refractivity contribution < 1.29 is 9.18 Å². The highest BCUT2D eigenvalue weighted by Gasteiger charge is 2.12. The highest BCUT2D eigenvalue weighted by molar-refractivity contribution is 6.30. The van der Waals surface area contributed by atoms with E-state index in [1.54, 1.807) is 0 Å². The SMILES string of the molecule is O=C(NCCCN1CCNCC1)c1ccc(Cl)cc1F. The Balaban J connectivity index is 1.72. The molecule has 0 saturated carbocycles. The van der Waals surface area contributed by atoms with Gasteiger partial charge in [-0.25, -0.2) is 4.39 Å². The summed E-state index contributed by atoms with van der Waals surface area (Å²) in [7, 11) is 0. The molecule has 0 spiro atoms. The zero-order valence-corrected chi connectivity index (χ0v) is 12.0. The van der Waals surface area contributed by atoms with Gasteiger partial charge in [0.15, 0.2) is 0 Å². The molecular weight excluding hydrogens is 281 g/mol. The Labute approximate surface area is 123 Å². The van der Waals surface area contributed by atoms with Crippen LogP contribution in [-0.2, 0) is 0 Å². The minimum absolute atomic E-state index is 0.0385. The molecule has 0 unspecified atom stereocenters. The number of carbonyl (C=O) groups excluding carboxylic acids is 1. The van der Waals surface area contributed by atoms with E-state index in [-0.39, 0.29) is 16.5 Å². The van der Waals surface area contributed by atoms with Gasteiger partial charge in [0.1, 0.15) is 5.82 Å². The van der Waals surface area contributed by atoms with Crippen molar-refractivity contribution in [3.05, 3.63) is 34.6 Å². The molecule has 0 bridgehead atoms. The maximum absolute atomic E-state index is 13.5. The lowest BCUT2D eigenvalue weighted by molar-refractivity contribution is 0.0947. The smallest absolute Gasteiger partial charge is 0.254 e. The number of nitrogens with zero attached hydrogens (tertiary/aromatic N) is 1. The quantitative estimate of drug-likeness (QED) is 0.810. The van der Waals surface area contributed by atoms with E-state index in [1.807, 2.05) is 0 Å². The Morgan fingerprint density at radius 2 is 2.15 bits per heavy atom. The van der Waals surface area contributed by atoms with E-state index in [9.17, 15) is 9.18 Å². The van der Waals surface area contributed by atoms with Crippen molar-refractivity contribution in [1.82, 2.24) is 15.5 Å². The summed E-state index contributed by atoms with van der Waals surface area (Å²) in [6.07, 6.45) is 0.862. The molecule has 0 aromatic heterocycles. The van der Waals surface area contributed by atoms with Gasteiger partial charge in [-0.15, -0.1) is 0 Å². The monoisotopic (exact) mass is 299 g/mol. The number of halogens is 2. The Hall–Kier alpha value is -1.17. The molecule has 4 nitrogen and oxygen atoms in total. The van der Waals surface area contributed by atoms with Gasteiger partial charge in [0.05, 0.1) is 5.56 Å². The number of hydrogen-bond acceptors (Lipinski definition) is 3. The molecule has 0 atom stereocenters. The van der Waals surface area contributed by atoms with Crippen molar-refractivity contribution in [2.24, 2.45) is 0 Å². The van der Waals surface area contributed by atoms with Crippen LogP contribution in [0, 0.1) is 5.82 Å². The first kappa shape index (κ1) is 15.2. The van der Waals surface area contributed by atoms with Gasteiger partial charge in [-0.1, -0.05) is 11.6 Å². The van der Waals surface area contributed by atoms with Crippen LogP contribution in [0.3, 0.4) is 0 Å². The molecule has 110 valence electrons. The lowest BCUT2D eigenvalue weighted by atomic mass is 10.2. The van der Waals surface area contributed by atoms with Crippen molar-refractivity contribution in [1.29, 1.82) is 0 Å². The van der Waals surface area contributed by atoms with Crippen LogP contribution in [0.2, 0.25) is 5.02 Å². The molecule has 1 aliphatic rings. The highest BCUT2D eigenvalue weighted by Crippen LogP contribution is 2.14. The average molecular weight is 300 g/mol. The molecule has 1 aliphatic heterocycles. The first-order valence-electron chi connectivity index (χ1n) is 6.83. The first-order chi connectivity index (χ1) is 9.66. The third-order valence-corrected chi connectivity index (χ3v) is 3.56. The molecule has 20 heavy (non-hydrogen) atoms. The van der Waals surface area contributed by atoms with Gasteiger partial charge in [0.2, 0.25) is 0 Å². The van der Waals surface area contributed by atoms with E-state index in [2.05, 4.69) is 15.5 Å². The summed E-state index contributed by atoms with van der Waals surface area (Å²) in [5.74, 6) is -0.975. The fourth-order valence-electron chi connectivity index (χ4n) is 2.21. The predicted octanol–water partition coefficient (Wildman–Crippen LogP) is 1.50. The van der Waals surface area contributed by atoms with Crippen molar-refractivity contribution >= 4 is 17.5 Å². The molecule has 1 saturated heterocycles. The molecule has 1 aromatic carbocycles. The molecule has 1 aromatic rings. The van der Waals surface area contributed by atoms with Gasteiger partial charge in [-0.05, 0) is 31.2 Å². The van der Waals surface area contributed by atoms with Crippen LogP contribution in [0.1, 0.15) is 16.8 Å². The number of carbonyl (C=O) groups is 1. The fraction of sp³-hybridized carbons (Fsp3) is 0.500. The maximum Gasteiger partial charge on any atom is 0.254 e. The zero-order chi connectivity index (χ0) is 14.4. The van der Waals surface area contributed by atoms with E-state index in [4.69, 9.17) is 11.6 Å². The van der Waals surface area contributed by atoms with Crippen molar-refractivity contribution in [2.45, 2.75) is 6.42 Å². The molecule has 2 N–H and O–H groups in total. The average Bonchev–Trinajstić information content (AvgIpc) is 2.44. The van der Waals surface area contributed by atoms with Crippen molar-refractivity contribution in [3.8, 4) is 0 Å². The number of rotatable bonds is 5. The summed E-state index contributed by atoms with van der Waals surface area (Å²) in [4.78, 5) is 14.2. The second kappa shape index (κ2) is 7.57. The van der Waals surface area contributed by atoms with Gasteiger partial charge in [0.25, 0.3) is 5.91 Å². The summed E-state index contributed by atoms with van der Waals surface area (Å²) in [5.41, 5.74) is 0.0385. The molecule has 6 heteroatoms. The number of nitrogens with one attached hydrogen (secondary N) is 2. The fourth-order valence-corrected chi connectivity index (χ4v) is 2.37. The van der Waals surface area contributed by atoms with Gasteiger partial charge in [-0.3, -0.25) is 4.79 Å². The van der Waals surface area contributed by atoms with Crippen LogP contribution in [0.15, 0.2) is 18.2 Å². The number of piperazine rings is 1. The van der Waals surface area contributed by atoms with Crippen LogP contribution in [0.5, 0.6) is 0 Å². The van der Waals surface area contributed by atoms with Gasteiger partial charge in [0, 0.05) is 37.7 Å². The van der Waals surface area contributed by atoms with Crippen molar-refractivity contribution in [3.63, 3.8) is 0 Å². The lowest BCUT2D eigenvalue weighted by Crippen LogP contribution is -2.44. The van der Waals surface area contributed by atoms with Crippen molar-refractivity contribution in [2.75, 3.05) is 39.3 Å². The van der Waals surface area contributed by atoms with Gasteiger partial charge in [-0.2, -0.15) is 0 Å². The van der Waals surface area contributed by atoms with E-state index in [0.717, 1.165) is 45.2 Å². The normalized spacial score (nSPS) is 16.1. The molecule has 2 rings (SSSR count). The minimum Gasteiger partial charge on any atom is -0.352 e. The van der Waals surface area contributed by atoms with Crippen LogP contribution >= 0.6 is 11.6 Å². The Kier molecular flexibility index (Phi) is 5.76. The van der Waals surface area contributed by atoms with Crippen LogP contribution < -0.4 is 10.6 Å². The molecule has 1 fully saturated rings. The molecule has 1 heterocycles. The molecule has 0 aliphatic carbocycles. The second-order valence-electron chi connectivity index (χ2n) is 4.83. The second-order valence-corrected chi connectivity index (χ2v) is 5.26. The lowest BCUT2D eigenvalue weighted by Gasteiger charge is -2.27. The number of amides is 1. The van der Waals surface area contributed by atoms with E-state index in [1.165, 1.54) is 12.1 Å². The molecule has 0 radical (unpaired) electrons. The largest absolute Gasteiger partial charge is 0.352 e. The Morgan fingerprint density at radius 1 is 1.40 bits per heavy atom. The highest BCUT2D eigenvalue weighted by atomic mass is 35.5. The van der Waals surface area contributed by atoms with Crippen LogP contribution in [-0.4, -0.2) is 50.1 Å². The van der Waals surface area contributed by atoms with E-state index < -0.39 is 5.82 Å². The standard InChI is InChI=1S/C14H19ClFN3O/c15-11-2-3-12(13(16)10-11)14(20)18-4-1-7-19-8-5-17-6-9-19/h2-3,10,17H,1,4-9H2,(H,18,20). The summed E-state index contributed by atoms with van der Waals surface area (Å²) in [6.45, 7) is 5.61. The number of benzene rings is 1. The zero-order valence-electron chi connectivity index (χ0n) is 11.3. The first-order valence-corrected chi connectivity index (χ1v) is 7.21. The summed E-state index contributed by atoms with van der Waals surface area (Å²) in [5, 5.41) is 6.32. The predicted molar refractivity (Wildman–Crippen MR) is 77.7 cm³/mol. The Bertz CT molecular complexity index is 464. The minimum atomic E-state index is -0.586. The summed E-state index contributed by atoms with van der Waals surface area (Å²) in [6, 6.07) is 4.07. The molecule has 1 amide bonds. The van der Waals surface area contributed by atoms with Gasteiger partial charge < -0.3 is 15.5 Å². The third-order valence-electron chi connectivity index (χ3n) is 3.32. The number of hydrogen-bond donors (Lipinski definition) is 2. The topological polar surface area (TPSA) is 44.4 Å². The van der Waals surface area contributed by atoms with E-state index >= 15 is 0 Å². The Morgan fingerprint density at radius 3 is 2.85 bits per heavy atom. The van der Waals surface area contributed by atoms with E-state index in [0.29, 0.717) is 6.54 Å². The summed E-state index contributed by atoms with van der Waals surface area (Å²) >= 11 is 5.65. The van der Waals surface area contributed by atoms with Gasteiger partial charge >= 0.3 is 0 Å². The molecular formula is C14H19ClFN3O. The summed E-state index contributed by atoms with van der Waals surface area (Å²) < 4.78 is 13.5. The maximum atomic E-state index is 13.5. The van der Waals surface area contributed by atoms with Crippen LogP contribution in [0.25, 0.3) is 0 Å². The van der Waals surface area contributed by atoms with Crippen LogP contribution in [0.4, 0.5) is 4.39 Å².